The van der Waals surface area contributed by atoms with Crippen molar-refractivity contribution in [2.75, 3.05) is 0 Å². The molecule has 6 heteroatoms. The molecule has 0 bridgehead atoms. The predicted octanol–water partition coefficient (Wildman–Crippen LogP) is 3.54. The van der Waals surface area contributed by atoms with Crippen molar-refractivity contribution in [1.82, 2.24) is 24.7 Å². The van der Waals surface area contributed by atoms with Crippen molar-refractivity contribution in [1.29, 1.82) is 5.26 Å². The molecule has 1 N–H and O–H groups in total. The van der Waals surface area contributed by atoms with E-state index in [1.54, 1.807) is 12.4 Å². The van der Waals surface area contributed by atoms with E-state index in [0.717, 1.165) is 34.8 Å². The highest BCUT2D eigenvalue weighted by molar-refractivity contribution is 5.89. The highest BCUT2D eigenvalue weighted by Crippen LogP contribution is 2.28. The molecule has 0 amide bonds. The molecule has 1 saturated carbocycles. The summed E-state index contributed by atoms with van der Waals surface area (Å²) in [5.74, 6) is 0.792. The molecular formula is C17H20N6. The summed E-state index contributed by atoms with van der Waals surface area (Å²) in [4.78, 5) is 11.8. The van der Waals surface area contributed by atoms with Crippen molar-refractivity contribution in [3.63, 3.8) is 0 Å². The molecule has 1 aliphatic rings. The van der Waals surface area contributed by atoms with E-state index >= 15 is 0 Å². The van der Waals surface area contributed by atoms with Crippen LogP contribution in [-0.4, -0.2) is 24.7 Å². The summed E-state index contributed by atoms with van der Waals surface area (Å²) in [5.41, 5.74) is 2.89. The van der Waals surface area contributed by atoms with Crippen molar-refractivity contribution >= 4 is 11.0 Å². The lowest BCUT2D eigenvalue weighted by Gasteiger charge is -2.07. The van der Waals surface area contributed by atoms with Crippen molar-refractivity contribution in [3.8, 4) is 17.3 Å². The molecule has 1 fully saturated rings. The maximum absolute atomic E-state index is 7.32. The second kappa shape index (κ2) is 7.05. The standard InChI is InChI=1S/C15H17N5.C2H3N/c1-2-4-11(3-1)8-20-9-12(7-19-20)14-13-5-6-16-15(13)18-10-17-14;1-2-3/h5-7,9-11H,1-4,8H2,(H,16,17,18);1H3. The zero-order valence-electron chi connectivity index (χ0n) is 13.2. The van der Waals surface area contributed by atoms with Gasteiger partial charge < -0.3 is 4.98 Å². The van der Waals surface area contributed by atoms with Crippen LogP contribution in [0.5, 0.6) is 0 Å². The summed E-state index contributed by atoms with van der Waals surface area (Å²) in [7, 11) is 0. The molecule has 0 radical (unpaired) electrons. The molecule has 0 aromatic carbocycles. The van der Waals surface area contributed by atoms with Gasteiger partial charge in [0.1, 0.15) is 12.0 Å². The summed E-state index contributed by atoms with van der Waals surface area (Å²) in [6.07, 6.45) is 12.9. The van der Waals surface area contributed by atoms with E-state index < -0.39 is 0 Å². The maximum Gasteiger partial charge on any atom is 0.141 e. The molecule has 3 heterocycles. The molecule has 6 nitrogen and oxygen atoms in total. The van der Waals surface area contributed by atoms with Crippen LogP contribution in [0.25, 0.3) is 22.3 Å². The number of aromatic amines is 1. The van der Waals surface area contributed by atoms with Gasteiger partial charge in [0, 0.05) is 36.8 Å². The van der Waals surface area contributed by atoms with Gasteiger partial charge in [-0.3, -0.25) is 4.68 Å². The van der Waals surface area contributed by atoms with Crippen LogP contribution in [0.1, 0.15) is 32.6 Å². The molecule has 0 atom stereocenters. The largest absolute Gasteiger partial charge is 0.346 e. The molecule has 0 saturated heterocycles. The lowest BCUT2D eigenvalue weighted by molar-refractivity contribution is 0.429. The summed E-state index contributed by atoms with van der Waals surface area (Å²) >= 11 is 0. The third-order valence-corrected chi connectivity index (χ3v) is 4.18. The van der Waals surface area contributed by atoms with Gasteiger partial charge >= 0.3 is 0 Å². The first-order chi connectivity index (χ1) is 11.3. The van der Waals surface area contributed by atoms with E-state index in [-0.39, 0.29) is 0 Å². The van der Waals surface area contributed by atoms with Gasteiger partial charge in [0.2, 0.25) is 0 Å². The van der Waals surface area contributed by atoms with Crippen LogP contribution in [0, 0.1) is 17.2 Å². The summed E-state index contributed by atoms with van der Waals surface area (Å²) in [5, 5.41) is 12.9. The van der Waals surface area contributed by atoms with E-state index in [0.29, 0.717) is 0 Å². The number of nitriles is 1. The van der Waals surface area contributed by atoms with E-state index in [1.165, 1.54) is 32.6 Å². The zero-order valence-corrected chi connectivity index (χ0v) is 13.2. The fraction of sp³-hybridized carbons (Fsp3) is 0.412. The molecule has 118 valence electrons. The summed E-state index contributed by atoms with van der Waals surface area (Å²) < 4.78 is 2.06. The van der Waals surface area contributed by atoms with E-state index in [1.807, 2.05) is 18.5 Å². The number of rotatable bonds is 3. The molecule has 23 heavy (non-hydrogen) atoms. The van der Waals surface area contributed by atoms with Crippen molar-refractivity contribution in [2.24, 2.45) is 5.92 Å². The molecule has 0 unspecified atom stereocenters. The van der Waals surface area contributed by atoms with Gasteiger partial charge in [-0.1, -0.05) is 12.8 Å². The normalized spacial score (nSPS) is 14.4. The van der Waals surface area contributed by atoms with E-state index in [4.69, 9.17) is 5.26 Å². The van der Waals surface area contributed by atoms with Crippen LogP contribution in [-0.2, 0) is 6.54 Å². The van der Waals surface area contributed by atoms with Crippen molar-refractivity contribution < 1.29 is 0 Å². The Morgan fingerprint density at radius 1 is 1.35 bits per heavy atom. The molecular weight excluding hydrogens is 288 g/mol. The van der Waals surface area contributed by atoms with Crippen molar-refractivity contribution in [3.05, 3.63) is 31.0 Å². The third kappa shape index (κ3) is 3.39. The average molecular weight is 308 g/mol. The monoisotopic (exact) mass is 308 g/mol. The minimum Gasteiger partial charge on any atom is -0.346 e. The Bertz CT molecular complexity index is 804. The number of nitrogens with zero attached hydrogens (tertiary/aromatic N) is 5. The number of hydrogen-bond acceptors (Lipinski definition) is 4. The Kier molecular flexibility index (Phi) is 4.67. The Morgan fingerprint density at radius 3 is 2.91 bits per heavy atom. The number of nitrogens with one attached hydrogen (secondary N) is 1. The van der Waals surface area contributed by atoms with Crippen LogP contribution in [0.15, 0.2) is 31.0 Å². The van der Waals surface area contributed by atoms with Gasteiger partial charge in [0.15, 0.2) is 0 Å². The average Bonchev–Trinajstić information content (AvgIpc) is 3.29. The summed E-state index contributed by atoms with van der Waals surface area (Å²) in [6.45, 7) is 2.46. The van der Waals surface area contributed by atoms with Crippen molar-refractivity contribution in [2.45, 2.75) is 39.2 Å². The maximum atomic E-state index is 7.32. The van der Waals surface area contributed by atoms with E-state index in [2.05, 4.69) is 30.9 Å². The summed E-state index contributed by atoms with van der Waals surface area (Å²) in [6, 6.07) is 3.76. The molecule has 1 aliphatic carbocycles. The molecule has 0 spiro atoms. The number of hydrogen-bond donors (Lipinski definition) is 1. The number of H-pyrrole nitrogens is 1. The zero-order chi connectivity index (χ0) is 16.1. The molecule has 3 aromatic rings. The minimum atomic E-state index is 0.792. The first-order valence-electron chi connectivity index (χ1n) is 7.93. The topological polar surface area (TPSA) is 83.2 Å². The minimum absolute atomic E-state index is 0.792. The quantitative estimate of drug-likeness (QED) is 0.802. The smallest absolute Gasteiger partial charge is 0.141 e. The second-order valence-corrected chi connectivity index (χ2v) is 5.79. The first-order valence-corrected chi connectivity index (χ1v) is 7.93. The molecule has 4 rings (SSSR count). The van der Waals surface area contributed by atoms with E-state index in [9.17, 15) is 0 Å². The Morgan fingerprint density at radius 2 is 2.13 bits per heavy atom. The Balaban J connectivity index is 0.000000485. The Labute approximate surface area is 135 Å². The fourth-order valence-corrected chi connectivity index (χ4v) is 3.15. The van der Waals surface area contributed by atoms with Gasteiger partial charge in [0.25, 0.3) is 0 Å². The molecule has 3 aromatic heterocycles. The first kappa shape index (κ1) is 15.2. The van der Waals surface area contributed by atoms with Crippen LogP contribution in [0.3, 0.4) is 0 Å². The van der Waals surface area contributed by atoms with Crippen LogP contribution < -0.4 is 0 Å². The highest BCUT2D eigenvalue weighted by atomic mass is 15.3. The Hall–Kier alpha value is -2.68. The van der Waals surface area contributed by atoms with Gasteiger partial charge in [-0.15, -0.1) is 0 Å². The number of fused-ring (bicyclic) bond motifs is 1. The lowest BCUT2D eigenvalue weighted by Crippen LogP contribution is -2.07. The van der Waals surface area contributed by atoms with Gasteiger partial charge in [-0.2, -0.15) is 10.4 Å². The van der Waals surface area contributed by atoms with Crippen LogP contribution in [0.4, 0.5) is 0 Å². The van der Waals surface area contributed by atoms with Crippen LogP contribution >= 0.6 is 0 Å². The third-order valence-electron chi connectivity index (χ3n) is 4.18. The second-order valence-electron chi connectivity index (χ2n) is 5.79. The van der Waals surface area contributed by atoms with Gasteiger partial charge in [-0.25, -0.2) is 9.97 Å². The van der Waals surface area contributed by atoms with Gasteiger partial charge in [-0.05, 0) is 24.8 Å². The fourth-order valence-electron chi connectivity index (χ4n) is 3.15. The lowest BCUT2D eigenvalue weighted by atomic mass is 10.1. The highest BCUT2D eigenvalue weighted by Gasteiger charge is 2.16. The SMILES string of the molecule is CC#N.c1nc(-c2cnn(CC3CCCC3)c2)c2cc[nH]c2n1. The number of aromatic nitrogens is 5. The predicted molar refractivity (Wildman–Crippen MR) is 88.4 cm³/mol. The van der Waals surface area contributed by atoms with Gasteiger partial charge in [0.05, 0.1) is 18.0 Å². The van der Waals surface area contributed by atoms with Crippen LogP contribution in [0.2, 0.25) is 0 Å². The molecule has 0 aliphatic heterocycles.